The summed E-state index contributed by atoms with van der Waals surface area (Å²) < 4.78 is 5.91. The van der Waals surface area contributed by atoms with Crippen molar-refractivity contribution in [3.8, 4) is 0 Å². The normalized spacial score (nSPS) is 12.2. The van der Waals surface area contributed by atoms with Crippen LogP contribution in [0.3, 0.4) is 0 Å². The molecule has 1 unspecified atom stereocenters. The van der Waals surface area contributed by atoms with Crippen molar-refractivity contribution in [1.82, 2.24) is 0 Å². The second-order valence-electron chi connectivity index (χ2n) is 3.43. The molecule has 0 saturated heterocycles. The highest BCUT2D eigenvalue weighted by Crippen LogP contribution is 2.27. The zero-order valence-electron chi connectivity index (χ0n) is 9.69. The molecule has 0 fully saturated rings. The van der Waals surface area contributed by atoms with Crippen LogP contribution in [0, 0.1) is 0 Å². The van der Waals surface area contributed by atoms with Crippen LogP contribution in [0.5, 0.6) is 0 Å². The molecule has 0 aromatic heterocycles. The predicted molar refractivity (Wildman–Crippen MR) is 74.1 cm³/mol. The highest BCUT2D eigenvalue weighted by Gasteiger charge is 2.14. The predicted octanol–water partition coefficient (Wildman–Crippen LogP) is 2.82. The number of hydrogen-bond donors (Lipinski definition) is 1. The average molecular weight is 318 g/mol. The highest BCUT2D eigenvalue weighted by molar-refractivity contribution is 9.10. The zero-order chi connectivity index (χ0) is 12.7. The van der Waals surface area contributed by atoms with Gasteiger partial charge in [-0.05, 0) is 41.4 Å². The third-order valence-corrected chi connectivity index (χ3v) is 4.17. The summed E-state index contributed by atoms with van der Waals surface area (Å²) >= 11 is 5.15. The molecule has 0 aliphatic rings. The lowest BCUT2D eigenvalue weighted by molar-refractivity contribution is -0.144. The SMILES string of the molecule is CCOC(=O)C(N)CCSc1ccccc1Br. The molecule has 0 bridgehead atoms. The van der Waals surface area contributed by atoms with Crippen LogP contribution >= 0.6 is 27.7 Å². The first-order valence-corrected chi connectivity index (χ1v) is 7.22. The molecule has 1 rings (SSSR count). The Balaban J connectivity index is 2.33. The number of carbonyl (C=O) groups is 1. The molecule has 1 atom stereocenters. The number of benzene rings is 1. The van der Waals surface area contributed by atoms with Crippen LogP contribution in [0.1, 0.15) is 13.3 Å². The van der Waals surface area contributed by atoms with Gasteiger partial charge in [-0.1, -0.05) is 12.1 Å². The smallest absolute Gasteiger partial charge is 0.322 e. The summed E-state index contributed by atoms with van der Waals surface area (Å²) in [6, 6.07) is 7.46. The van der Waals surface area contributed by atoms with Gasteiger partial charge in [0, 0.05) is 15.1 Å². The minimum atomic E-state index is -0.523. The van der Waals surface area contributed by atoms with Gasteiger partial charge in [0.25, 0.3) is 0 Å². The van der Waals surface area contributed by atoms with Crippen LogP contribution in [0.4, 0.5) is 0 Å². The van der Waals surface area contributed by atoms with E-state index in [9.17, 15) is 4.79 Å². The highest BCUT2D eigenvalue weighted by atomic mass is 79.9. The number of rotatable bonds is 6. The number of hydrogen-bond acceptors (Lipinski definition) is 4. The van der Waals surface area contributed by atoms with Crippen LogP contribution in [0.25, 0.3) is 0 Å². The van der Waals surface area contributed by atoms with Crippen LogP contribution in [0.2, 0.25) is 0 Å². The van der Waals surface area contributed by atoms with Crippen LogP contribution in [0.15, 0.2) is 33.6 Å². The molecule has 1 aromatic carbocycles. The van der Waals surface area contributed by atoms with E-state index in [1.54, 1.807) is 18.7 Å². The summed E-state index contributed by atoms with van der Waals surface area (Å²) in [7, 11) is 0. The van der Waals surface area contributed by atoms with E-state index >= 15 is 0 Å². The topological polar surface area (TPSA) is 52.3 Å². The molecule has 2 N–H and O–H groups in total. The van der Waals surface area contributed by atoms with E-state index in [0.717, 1.165) is 15.1 Å². The Morgan fingerprint density at radius 1 is 1.53 bits per heavy atom. The minimum absolute atomic E-state index is 0.319. The van der Waals surface area contributed by atoms with Crippen LogP contribution in [-0.4, -0.2) is 24.4 Å². The number of carbonyl (C=O) groups excluding carboxylic acids is 1. The summed E-state index contributed by atoms with van der Waals surface area (Å²) in [6.07, 6.45) is 0.616. The Morgan fingerprint density at radius 2 is 2.24 bits per heavy atom. The minimum Gasteiger partial charge on any atom is -0.465 e. The van der Waals surface area contributed by atoms with Gasteiger partial charge in [0.05, 0.1) is 6.61 Å². The molecule has 0 aliphatic heterocycles. The lowest BCUT2D eigenvalue weighted by Crippen LogP contribution is -2.32. The Morgan fingerprint density at radius 3 is 2.88 bits per heavy atom. The van der Waals surface area contributed by atoms with Gasteiger partial charge in [-0.3, -0.25) is 4.79 Å². The summed E-state index contributed by atoms with van der Waals surface area (Å²) in [5.41, 5.74) is 5.71. The van der Waals surface area contributed by atoms with E-state index in [1.165, 1.54) is 0 Å². The maximum atomic E-state index is 11.3. The van der Waals surface area contributed by atoms with Gasteiger partial charge in [0.1, 0.15) is 6.04 Å². The third-order valence-electron chi connectivity index (χ3n) is 2.11. The standard InChI is InChI=1S/C12H16BrNO2S/c1-2-16-12(15)10(14)7-8-17-11-6-4-3-5-9(11)13/h3-6,10H,2,7-8,14H2,1H3. The van der Waals surface area contributed by atoms with Gasteiger partial charge in [0.2, 0.25) is 0 Å². The Bertz CT molecular complexity index is 373. The molecular weight excluding hydrogens is 302 g/mol. The van der Waals surface area contributed by atoms with E-state index in [0.29, 0.717) is 13.0 Å². The zero-order valence-corrected chi connectivity index (χ0v) is 12.1. The van der Waals surface area contributed by atoms with Crippen molar-refractivity contribution in [3.05, 3.63) is 28.7 Å². The Hall–Kier alpha value is -0.520. The first kappa shape index (κ1) is 14.5. The summed E-state index contributed by atoms with van der Waals surface area (Å²) in [5.74, 6) is 0.475. The molecule has 94 valence electrons. The quantitative estimate of drug-likeness (QED) is 0.647. The number of nitrogens with two attached hydrogens (primary N) is 1. The Labute approximate surface area is 114 Å². The molecule has 0 aliphatic carbocycles. The van der Waals surface area contributed by atoms with Crippen molar-refractivity contribution in [1.29, 1.82) is 0 Å². The fourth-order valence-electron chi connectivity index (χ4n) is 1.22. The Kier molecular flexibility index (Phi) is 6.62. The average Bonchev–Trinajstić information content (AvgIpc) is 2.31. The van der Waals surface area contributed by atoms with Crippen molar-refractivity contribution in [2.24, 2.45) is 5.73 Å². The summed E-state index contributed by atoms with van der Waals surface area (Å²) in [4.78, 5) is 12.4. The van der Waals surface area contributed by atoms with Crippen LogP contribution < -0.4 is 5.73 Å². The fourth-order valence-corrected chi connectivity index (χ4v) is 2.83. The van der Waals surface area contributed by atoms with E-state index in [1.807, 2.05) is 24.3 Å². The molecule has 0 spiro atoms. The second kappa shape index (κ2) is 7.74. The van der Waals surface area contributed by atoms with Crippen molar-refractivity contribution in [2.75, 3.05) is 12.4 Å². The van der Waals surface area contributed by atoms with Gasteiger partial charge in [0.15, 0.2) is 0 Å². The molecule has 0 heterocycles. The van der Waals surface area contributed by atoms with Gasteiger partial charge in [-0.15, -0.1) is 11.8 Å². The first-order valence-electron chi connectivity index (χ1n) is 5.44. The lowest BCUT2D eigenvalue weighted by Gasteiger charge is -2.10. The molecule has 0 radical (unpaired) electrons. The molecule has 5 heteroatoms. The van der Waals surface area contributed by atoms with E-state index in [2.05, 4.69) is 15.9 Å². The molecule has 17 heavy (non-hydrogen) atoms. The van der Waals surface area contributed by atoms with Gasteiger partial charge in [-0.2, -0.15) is 0 Å². The molecule has 3 nitrogen and oxygen atoms in total. The second-order valence-corrected chi connectivity index (χ2v) is 5.42. The van der Waals surface area contributed by atoms with Gasteiger partial charge >= 0.3 is 5.97 Å². The number of thioether (sulfide) groups is 1. The van der Waals surface area contributed by atoms with Crippen molar-refractivity contribution >= 4 is 33.7 Å². The maximum absolute atomic E-state index is 11.3. The largest absolute Gasteiger partial charge is 0.465 e. The van der Waals surface area contributed by atoms with Crippen LogP contribution in [-0.2, 0) is 9.53 Å². The van der Waals surface area contributed by atoms with E-state index in [4.69, 9.17) is 10.5 Å². The fraction of sp³-hybridized carbons (Fsp3) is 0.417. The van der Waals surface area contributed by atoms with Crippen molar-refractivity contribution in [3.63, 3.8) is 0 Å². The van der Waals surface area contributed by atoms with E-state index in [-0.39, 0.29) is 5.97 Å². The monoisotopic (exact) mass is 317 g/mol. The maximum Gasteiger partial charge on any atom is 0.322 e. The number of esters is 1. The van der Waals surface area contributed by atoms with Crippen molar-refractivity contribution in [2.45, 2.75) is 24.3 Å². The number of ether oxygens (including phenoxy) is 1. The van der Waals surface area contributed by atoms with Crippen molar-refractivity contribution < 1.29 is 9.53 Å². The number of halogens is 1. The molecule has 0 amide bonds. The van der Waals surface area contributed by atoms with Gasteiger partial charge in [-0.25, -0.2) is 0 Å². The third kappa shape index (κ3) is 5.10. The first-order chi connectivity index (χ1) is 8.15. The van der Waals surface area contributed by atoms with Gasteiger partial charge < -0.3 is 10.5 Å². The lowest BCUT2D eigenvalue weighted by atomic mass is 10.2. The molecule has 1 aromatic rings. The summed E-state index contributed by atoms with van der Waals surface area (Å²) in [5, 5.41) is 0. The molecular formula is C12H16BrNO2S. The van der Waals surface area contributed by atoms with E-state index < -0.39 is 6.04 Å². The molecule has 0 saturated carbocycles. The summed E-state index contributed by atoms with van der Waals surface area (Å²) in [6.45, 7) is 2.16.